The van der Waals surface area contributed by atoms with Crippen LogP contribution in [0.25, 0.3) is 0 Å². The van der Waals surface area contributed by atoms with E-state index in [-0.39, 0.29) is 18.2 Å². The van der Waals surface area contributed by atoms with Crippen molar-refractivity contribution < 1.29 is 19.4 Å². The first-order chi connectivity index (χ1) is 10.6. The number of ether oxygens (including phenoxy) is 1. The van der Waals surface area contributed by atoms with E-state index in [9.17, 15) is 9.59 Å². The Kier molecular flexibility index (Phi) is 5.81. The third kappa shape index (κ3) is 4.48. The van der Waals surface area contributed by atoms with Crippen molar-refractivity contribution in [3.8, 4) is 5.75 Å². The molecule has 1 atom stereocenters. The van der Waals surface area contributed by atoms with Gasteiger partial charge in [-0.2, -0.15) is 0 Å². The molecule has 1 amide bonds. The van der Waals surface area contributed by atoms with Crippen molar-refractivity contribution in [2.75, 3.05) is 7.11 Å². The van der Waals surface area contributed by atoms with Gasteiger partial charge in [-0.05, 0) is 30.5 Å². The zero-order valence-corrected chi connectivity index (χ0v) is 12.9. The predicted molar refractivity (Wildman–Crippen MR) is 82.7 cm³/mol. The molecule has 1 aromatic carbocycles. The fraction of sp³-hybridized carbons (Fsp3) is 0.529. The molecule has 0 heterocycles. The highest BCUT2D eigenvalue weighted by Gasteiger charge is 2.25. The number of methoxy groups -OCH3 is 1. The Morgan fingerprint density at radius 1 is 1.23 bits per heavy atom. The Labute approximate surface area is 130 Å². The van der Waals surface area contributed by atoms with Gasteiger partial charge in [-0.1, -0.05) is 31.4 Å². The number of aliphatic carboxylic acids is 1. The number of carboxylic acid groups (broad SMARTS) is 1. The van der Waals surface area contributed by atoms with Crippen molar-refractivity contribution in [1.82, 2.24) is 5.32 Å². The molecule has 1 saturated carbocycles. The lowest BCUT2D eigenvalue weighted by Gasteiger charge is -2.24. The van der Waals surface area contributed by atoms with Crippen molar-refractivity contribution in [2.24, 2.45) is 5.92 Å². The quantitative estimate of drug-likeness (QED) is 0.847. The van der Waals surface area contributed by atoms with E-state index in [0.717, 1.165) is 31.2 Å². The molecule has 1 aromatic rings. The van der Waals surface area contributed by atoms with Crippen LogP contribution >= 0.6 is 0 Å². The van der Waals surface area contributed by atoms with Gasteiger partial charge in [0.05, 0.1) is 19.6 Å². The minimum atomic E-state index is -0.926. The third-order valence-electron chi connectivity index (χ3n) is 4.19. The van der Waals surface area contributed by atoms with E-state index in [0.29, 0.717) is 5.75 Å². The van der Waals surface area contributed by atoms with Gasteiger partial charge in [-0.25, -0.2) is 0 Å². The largest absolute Gasteiger partial charge is 0.497 e. The van der Waals surface area contributed by atoms with Crippen molar-refractivity contribution in [3.05, 3.63) is 29.8 Å². The second kappa shape index (κ2) is 7.82. The van der Waals surface area contributed by atoms with E-state index in [1.165, 1.54) is 6.42 Å². The molecule has 5 heteroatoms. The van der Waals surface area contributed by atoms with E-state index < -0.39 is 12.0 Å². The number of carbonyl (C=O) groups excluding carboxylic acids is 1. The molecule has 0 radical (unpaired) electrons. The van der Waals surface area contributed by atoms with E-state index in [4.69, 9.17) is 9.84 Å². The maximum atomic E-state index is 12.4. The van der Waals surface area contributed by atoms with Gasteiger partial charge in [0.1, 0.15) is 5.75 Å². The average Bonchev–Trinajstić information content (AvgIpc) is 2.54. The van der Waals surface area contributed by atoms with Crippen LogP contribution in [-0.2, 0) is 9.59 Å². The van der Waals surface area contributed by atoms with Crippen LogP contribution in [0, 0.1) is 5.92 Å². The Morgan fingerprint density at radius 3 is 2.41 bits per heavy atom. The number of rotatable bonds is 6. The minimum Gasteiger partial charge on any atom is -0.497 e. The monoisotopic (exact) mass is 305 g/mol. The second-order valence-electron chi connectivity index (χ2n) is 5.77. The predicted octanol–water partition coefficient (Wildman–Crippen LogP) is 2.91. The van der Waals surface area contributed by atoms with E-state index in [2.05, 4.69) is 5.32 Å². The van der Waals surface area contributed by atoms with Gasteiger partial charge in [-0.15, -0.1) is 0 Å². The van der Waals surface area contributed by atoms with Crippen molar-refractivity contribution in [1.29, 1.82) is 0 Å². The Hall–Kier alpha value is -2.04. The van der Waals surface area contributed by atoms with Gasteiger partial charge in [0.2, 0.25) is 5.91 Å². The molecular formula is C17H23NO4. The molecule has 0 aromatic heterocycles. The van der Waals surface area contributed by atoms with Crippen molar-refractivity contribution in [2.45, 2.75) is 44.6 Å². The number of nitrogens with one attached hydrogen (secondary N) is 1. The molecule has 120 valence electrons. The summed E-state index contributed by atoms with van der Waals surface area (Å²) in [4.78, 5) is 23.4. The van der Waals surface area contributed by atoms with Crippen LogP contribution < -0.4 is 10.1 Å². The molecule has 0 spiro atoms. The zero-order chi connectivity index (χ0) is 15.9. The minimum absolute atomic E-state index is 0.0169. The number of hydrogen-bond donors (Lipinski definition) is 2. The van der Waals surface area contributed by atoms with Crippen LogP contribution in [0.2, 0.25) is 0 Å². The molecule has 2 rings (SSSR count). The number of hydrogen-bond acceptors (Lipinski definition) is 3. The van der Waals surface area contributed by atoms with Gasteiger partial charge in [0.25, 0.3) is 0 Å². The lowest BCUT2D eigenvalue weighted by molar-refractivity contribution is -0.138. The highest BCUT2D eigenvalue weighted by atomic mass is 16.5. The highest BCUT2D eigenvalue weighted by molar-refractivity contribution is 5.80. The summed E-state index contributed by atoms with van der Waals surface area (Å²) in [6, 6.07) is 6.65. The molecule has 0 unspecified atom stereocenters. The lowest BCUT2D eigenvalue weighted by Crippen LogP contribution is -2.35. The van der Waals surface area contributed by atoms with E-state index in [1.807, 2.05) is 0 Å². The normalized spacial score (nSPS) is 16.8. The number of amides is 1. The maximum absolute atomic E-state index is 12.4. The molecule has 0 aliphatic heterocycles. The molecule has 1 aliphatic carbocycles. The molecule has 0 saturated heterocycles. The van der Waals surface area contributed by atoms with Gasteiger partial charge in [-0.3, -0.25) is 9.59 Å². The van der Waals surface area contributed by atoms with Crippen LogP contribution in [0.1, 0.15) is 50.1 Å². The van der Waals surface area contributed by atoms with Gasteiger partial charge in [0.15, 0.2) is 0 Å². The summed E-state index contributed by atoms with van der Waals surface area (Å²) < 4.78 is 5.10. The first-order valence-corrected chi connectivity index (χ1v) is 7.76. The zero-order valence-electron chi connectivity index (χ0n) is 12.9. The Morgan fingerprint density at radius 2 is 1.86 bits per heavy atom. The highest BCUT2D eigenvalue weighted by Crippen LogP contribution is 2.26. The molecule has 1 fully saturated rings. The summed E-state index contributed by atoms with van der Waals surface area (Å²) in [6.45, 7) is 0. The second-order valence-corrected chi connectivity index (χ2v) is 5.77. The van der Waals surface area contributed by atoms with Crippen LogP contribution in [0.15, 0.2) is 24.3 Å². The third-order valence-corrected chi connectivity index (χ3v) is 4.19. The molecule has 0 bridgehead atoms. The summed E-state index contributed by atoms with van der Waals surface area (Å²) in [5.74, 6) is -0.230. The molecule has 22 heavy (non-hydrogen) atoms. The Balaban J connectivity index is 2.07. The van der Waals surface area contributed by atoms with Gasteiger partial charge >= 0.3 is 5.97 Å². The molecular weight excluding hydrogens is 282 g/mol. The number of carbonyl (C=O) groups is 2. The smallest absolute Gasteiger partial charge is 0.305 e. The van der Waals surface area contributed by atoms with Crippen molar-refractivity contribution in [3.63, 3.8) is 0 Å². The molecule has 2 N–H and O–H groups in total. The van der Waals surface area contributed by atoms with Crippen molar-refractivity contribution >= 4 is 11.9 Å². The summed E-state index contributed by atoms with van der Waals surface area (Å²) in [5, 5.41) is 12.0. The van der Waals surface area contributed by atoms with Crippen LogP contribution in [0.3, 0.4) is 0 Å². The topological polar surface area (TPSA) is 75.6 Å². The fourth-order valence-corrected chi connectivity index (χ4v) is 2.92. The number of carboxylic acids is 1. The first kappa shape index (κ1) is 16.3. The van der Waals surface area contributed by atoms with Gasteiger partial charge in [0, 0.05) is 5.92 Å². The van der Waals surface area contributed by atoms with Crippen LogP contribution in [-0.4, -0.2) is 24.1 Å². The van der Waals surface area contributed by atoms with E-state index in [1.54, 1.807) is 31.4 Å². The molecule has 1 aliphatic rings. The number of benzene rings is 1. The first-order valence-electron chi connectivity index (χ1n) is 7.76. The molecule has 5 nitrogen and oxygen atoms in total. The van der Waals surface area contributed by atoms with Gasteiger partial charge < -0.3 is 15.2 Å². The van der Waals surface area contributed by atoms with E-state index >= 15 is 0 Å². The van der Waals surface area contributed by atoms with Crippen LogP contribution in [0.5, 0.6) is 5.75 Å². The summed E-state index contributed by atoms with van der Waals surface area (Å²) in [5.41, 5.74) is 0.785. The lowest BCUT2D eigenvalue weighted by atomic mass is 9.88. The SMILES string of the molecule is COc1ccc([C@@H](CC(=O)O)NC(=O)C2CCCCC2)cc1. The fourth-order valence-electron chi connectivity index (χ4n) is 2.92. The maximum Gasteiger partial charge on any atom is 0.305 e. The standard InChI is InChI=1S/C17H23NO4/c1-22-14-9-7-12(8-10-14)15(11-16(19)20)18-17(21)13-5-3-2-4-6-13/h7-10,13,15H,2-6,11H2,1H3,(H,18,21)(H,19,20)/t15-/m1/s1. The Bertz CT molecular complexity index is 506. The van der Waals surface area contributed by atoms with Crippen LogP contribution in [0.4, 0.5) is 0 Å². The summed E-state index contributed by atoms with van der Waals surface area (Å²) >= 11 is 0. The summed E-state index contributed by atoms with van der Waals surface area (Å²) in [7, 11) is 1.58. The average molecular weight is 305 g/mol. The summed E-state index contributed by atoms with van der Waals surface area (Å²) in [6.07, 6.45) is 5.00.